The molecule has 0 aromatic heterocycles. The Bertz CT molecular complexity index is 874. The fourth-order valence-electron chi connectivity index (χ4n) is 5.75. The van der Waals surface area contributed by atoms with E-state index in [4.69, 9.17) is 18.5 Å². The molecule has 302 valence electrons. The second-order valence-electron chi connectivity index (χ2n) is 15.4. The third-order valence-corrected chi connectivity index (χ3v) is 10.1. The molecule has 0 spiro atoms. The highest BCUT2D eigenvalue weighted by Gasteiger charge is 2.26. The van der Waals surface area contributed by atoms with Gasteiger partial charge in [-0.05, 0) is 51.0 Å². The summed E-state index contributed by atoms with van der Waals surface area (Å²) in [6, 6.07) is 0. The molecule has 0 aromatic rings. The van der Waals surface area contributed by atoms with E-state index in [1.165, 1.54) is 128 Å². The molecule has 2 atom stereocenters. The van der Waals surface area contributed by atoms with Crippen molar-refractivity contribution in [1.82, 2.24) is 0 Å². The lowest BCUT2D eigenvalue weighted by Gasteiger charge is -2.24. The number of ether oxygens (including phenoxy) is 2. The van der Waals surface area contributed by atoms with Crippen molar-refractivity contribution in [2.24, 2.45) is 0 Å². The molecule has 51 heavy (non-hydrogen) atoms. The van der Waals surface area contributed by atoms with E-state index in [2.05, 4.69) is 26.0 Å². The summed E-state index contributed by atoms with van der Waals surface area (Å²) in [7, 11) is 1.64. The van der Waals surface area contributed by atoms with Crippen LogP contribution in [0.4, 0.5) is 0 Å². The molecule has 0 saturated carbocycles. The number of quaternary nitrogens is 1. The van der Waals surface area contributed by atoms with Gasteiger partial charge in [-0.3, -0.25) is 13.8 Å². The van der Waals surface area contributed by atoms with Gasteiger partial charge in [0.1, 0.15) is 19.8 Å². The number of hydrogen-bond acceptors (Lipinski definition) is 6. The summed E-state index contributed by atoms with van der Waals surface area (Å²) in [4.78, 5) is 22.8. The summed E-state index contributed by atoms with van der Waals surface area (Å²) in [6.45, 7) is 4.92. The number of phosphoric ester groups is 1. The number of carbonyl (C=O) groups excluding carboxylic acids is 1. The van der Waals surface area contributed by atoms with Crippen LogP contribution in [0.5, 0.6) is 0 Å². The normalized spacial score (nSPS) is 14.0. The van der Waals surface area contributed by atoms with Crippen LogP contribution in [0.1, 0.15) is 187 Å². The van der Waals surface area contributed by atoms with Crippen LogP contribution in [-0.2, 0) is 27.9 Å². The molecule has 0 fully saturated rings. The molecule has 0 amide bonds. The number of phosphoric acid groups is 1. The summed E-state index contributed by atoms with van der Waals surface area (Å²) < 4.78 is 34.7. The number of nitrogens with zero attached hydrogens (tertiary/aromatic N) is 1. The maximum Gasteiger partial charge on any atom is 0.472 e. The monoisotopic (exact) mass is 745 g/mol. The highest BCUT2D eigenvalue weighted by atomic mass is 31.2. The molecule has 0 aliphatic heterocycles. The van der Waals surface area contributed by atoms with E-state index in [0.29, 0.717) is 17.4 Å². The zero-order valence-electron chi connectivity index (χ0n) is 34.1. The van der Waals surface area contributed by atoms with Gasteiger partial charge >= 0.3 is 13.8 Å². The summed E-state index contributed by atoms with van der Waals surface area (Å²) in [5.74, 6) is -0.338. The minimum absolute atomic E-state index is 0.0464. The van der Waals surface area contributed by atoms with Crippen molar-refractivity contribution < 1.29 is 37.3 Å². The minimum Gasteiger partial charge on any atom is -0.498 e. The molecular formula is C42H83NO7P+. The lowest BCUT2D eigenvalue weighted by molar-refractivity contribution is -0.870. The Labute approximate surface area is 315 Å². The van der Waals surface area contributed by atoms with Crippen molar-refractivity contribution in [3.63, 3.8) is 0 Å². The van der Waals surface area contributed by atoms with E-state index in [-0.39, 0.29) is 25.8 Å². The maximum atomic E-state index is 12.6. The molecule has 8 nitrogen and oxygen atoms in total. The molecule has 1 unspecified atom stereocenters. The molecule has 0 heterocycles. The van der Waals surface area contributed by atoms with Crippen LogP contribution in [-0.4, -0.2) is 69.0 Å². The van der Waals surface area contributed by atoms with Crippen molar-refractivity contribution in [2.75, 3.05) is 47.5 Å². The first-order chi connectivity index (χ1) is 24.6. The lowest BCUT2D eigenvalue weighted by Crippen LogP contribution is -2.37. The van der Waals surface area contributed by atoms with Gasteiger partial charge in [0, 0.05) is 6.42 Å². The zero-order valence-corrected chi connectivity index (χ0v) is 35.0. The first kappa shape index (κ1) is 49.8. The first-order valence-electron chi connectivity index (χ1n) is 21.1. The Kier molecular flexibility index (Phi) is 35.0. The van der Waals surface area contributed by atoms with E-state index in [1.54, 1.807) is 6.26 Å². The van der Waals surface area contributed by atoms with Crippen molar-refractivity contribution >= 4 is 13.8 Å². The van der Waals surface area contributed by atoms with Crippen LogP contribution in [0.2, 0.25) is 0 Å². The van der Waals surface area contributed by atoms with Crippen molar-refractivity contribution in [1.29, 1.82) is 0 Å². The number of carbonyl (C=O) groups is 1. The number of likely N-dealkylation sites (N-methyl/N-ethyl adjacent to an activating group) is 1. The zero-order chi connectivity index (χ0) is 37.7. The van der Waals surface area contributed by atoms with Crippen LogP contribution in [0.25, 0.3) is 0 Å². The van der Waals surface area contributed by atoms with Crippen LogP contribution >= 0.6 is 7.82 Å². The number of rotatable bonds is 39. The fraction of sp³-hybridized carbons (Fsp3) is 0.881. The smallest absolute Gasteiger partial charge is 0.472 e. The third-order valence-electron chi connectivity index (χ3n) is 9.08. The third kappa shape index (κ3) is 39.9. The number of esters is 1. The van der Waals surface area contributed by atoms with Gasteiger partial charge in [-0.25, -0.2) is 4.57 Å². The van der Waals surface area contributed by atoms with Gasteiger partial charge in [0.25, 0.3) is 0 Å². The maximum absolute atomic E-state index is 12.6. The molecule has 0 aliphatic carbocycles. The second kappa shape index (κ2) is 35.8. The molecule has 0 bridgehead atoms. The Morgan fingerprint density at radius 2 is 1.04 bits per heavy atom. The number of allylic oxidation sites excluding steroid dienone is 3. The van der Waals surface area contributed by atoms with Crippen LogP contribution in [0.15, 0.2) is 24.5 Å². The van der Waals surface area contributed by atoms with Gasteiger partial charge in [-0.1, -0.05) is 148 Å². The highest BCUT2D eigenvalue weighted by molar-refractivity contribution is 7.47. The van der Waals surface area contributed by atoms with Gasteiger partial charge in [-0.15, -0.1) is 0 Å². The van der Waals surface area contributed by atoms with Crippen LogP contribution in [0, 0.1) is 0 Å². The number of unbranched alkanes of at least 4 members (excludes halogenated alkanes) is 23. The van der Waals surface area contributed by atoms with E-state index in [9.17, 15) is 14.3 Å². The minimum atomic E-state index is -4.28. The van der Waals surface area contributed by atoms with Crippen molar-refractivity contribution in [3.05, 3.63) is 24.5 Å². The lowest BCUT2D eigenvalue weighted by atomic mass is 10.0. The molecule has 0 aromatic carbocycles. The first-order valence-corrected chi connectivity index (χ1v) is 22.6. The molecule has 0 radical (unpaired) electrons. The molecule has 0 aliphatic rings. The fourth-order valence-corrected chi connectivity index (χ4v) is 6.49. The Morgan fingerprint density at radius 3 is 1.51 bits per heavy atom. The number of hydrogen-bond donors (Lipinski definition) is 1. The summed E-state index contributed by atoms with van der Waals surface area (Å²) >= 11 is 0. The summed E-state index contributed by atoms with van der Waals surface area (Å²) in [5.41, 5.74) is 0. The Morgan fingerprint density at radius 1 is 0.608 bits per heavy atom. The molecule has 9 heteroatoms. The van der Waals surface area contributed by atoms with Crippen LogP contribution in [0.3, 0.4) is 0 Å². The molecule has 1 N–H and O–H groups in total. The van der Waals surface area contributed by atoms with Crippen molar-refractivity contribution in [2.45, 2.75) is 193 Å². The molecule has 0 rings (SSSR count). The summed E-state index contributed by atoms with van der Waals surface area (Å²) in [6.07, 6.45) is 40.1. The second-order valence-corrected chi connectivity index (χ2v) is 16.9. The quantitative estimate of drug-likeness (QED) is 0.0167. The van der Waals surface area contributed by atoms with Gasteiger partial charge in [0.2, 0.25) is 0 Å². The topological polar surface area (TPSA) is 91.3 Å². The Hall–Kier alpha value is -1.18. The predicted octanol–water partition coefficient (Wildman–Crippen LogP) is 12.4. The predicted molar refractivity (Wildman–Crippen MR) is 215 cm³/mol. The van der Waals surface area contributed by atoms with E-state index < -0.39 is 13.9 Å². The van der Waals surface area contributed by atoms with Gasteiger partial charge in [0.15, 0.2) is 6.10 Å². The SMILES string of the molecule is CCCCCCCC/C=C\CCCCCC/C=C\OC[C@H](COP(=O)(O)OCC[N+](C)(C)C)OC(=O)CCCCCCCCCCCCCCC. The van der Waals surface area contributed by atoms with Gasteiger partial charge in [-0.2, -0.15) is 0 Å². The highest BCUT2D eigenvalue weighted by Crippen LogP contribution is 2.43. The van der Waals surface area contributed by atoms with E-state index in [1.807, 2.05) is 27.2 Å². The average Bonchev–Trinajstić information content (AvgIpc) is 3.08. The Balaban J connectivity index is 4.31. The largest absolute Gasteiger partial charge is 0.498 e. The molecule has 0 saturated heterocycles. The van der Waals surface area contributed by atoms with E-state index in [0.717, 1.165) is 38.5 Å². The standard InChI is InChI=1S/C42H82NO7P/c1-6-8-10-12-14-16-18-20-21-22-24-26-28-30-32-34-37-47-39-41(40-49-51(45,46)48-38-36-43(3,4)5)50-42(44)35-33-31-29-27-25-23-19-17-15-13-11-9-7-2/h20-21,34,37,41H,6-19,22-33,35-36,38-40H2,1-5H3/p+1/b21-20-,37-34-/t41-/m1/s1. The van der Waals surface area contributed by atoms with Gasteiger partial charge in [0.05, 0.1) is 34.0 Å². The average molecular weight is 745 g/mol. The molecular weight excluding hydrogens is 661 g/mol. The summed E-state index contributed by atoms with van der Waals surface area (Å²) in [5, 5.41) is 0. The van der Waals surface area contributed by atoms with E-state index >= 15 is 0 Å². The van der Waals surface area contributed by atoms with Crippen molar-refractivity contribution in [3.8, 4) is 0 Å². The van der Waals surface area contributed by atoms with Gasteiger partial charge < -0.3 is 18.9 Å². The van der Waals surface area contributed by atoms with Crippen LogP contribution < -0.4 is 0 Å².